The number of ether oxygens (including phenoxy) is 1. The van der Waals surface area contributed by atoms with Crippen LogP contribution in [0.15, 0.2) is 42.5 Å². The van der Waals surface area contributed by atoms with Crippen LogP contribution < -0.4 is 4.74 Å². The van der Waals surface area contributed by atoms with Crippen molar-refractivity contribution in [3.63, 3.8) is 0 Å². The van der Waals surface area contributed by atoms with Crippen LogP contribution in [0.2, 0.25) is 0 Å². The lowest BCUT2D eigenvalue weighted by Gasteiger charge is -2.38. The van der Waals surface area contributed by atoms with Crippen LogP contribution in [0.25, 0.3) is 11.1 Å². The maximum atomic E-state index is 15.1. The molecule has 0 amide bonds. The van der Waals surface area contributed by atoms with Gasteiger partial charge < -0.3 is 4.74 Å². The lowest BCUT2D eigenvalue weighted by atomic mass is 9.68. The van der Waals surface area contributed by atoms with E-state index in [0.717, 1.165) is 48.3 Å². The Kier molecular flexibility index (Phi) is 10.1. The number of unbranched alkanes of at least 4 members (excludes halogenated alkanes) is 2. The Bertz CT molecular complexity index is 1070. The van der Waals surface area contributed by atoms with E-state index in [1.807, 2.05) is 6.07 Å². The fraction of sp³-hybridized carbons (Fsp3) is 0.625. The van der Waals surface area contributed by atoms with Crippen LogP contribution in [0.3, 0.4) is 0 Å². The van der Waals surface area contributed by atoms with Crippen LogP contribution in [0, 0.1) is 23.6 Å². The Morgan fingerprint density at radius 2 is 1.40 bits per heavy atom. The summed E-state index contributed by atoms with van der Waals surface area (Å²) >= 11 is 0. The van der Waals surface area contributed by atoms with Crippen molar-refractivity contribution in [3.05, 3.63) is 53.8 Å². The third-order valence-electron chi connectivity index (χ3n) is 9.01. The first-order chi connectivity index (χ1) is 19.0. The highest BCUT2D eigenvalue weighted by Gasteiger charge is 2.59. The summed E-state index contributed by atoms with van der Waals surface area (Å²) in [4.78, 5) is 0. The average molecular weight is 573 g/mol. The molecule has 40 heavy (non-hydrogen) atoms. The molecule has 0 heterocycles. The fourth-order valence-electron chi connectivity index (χ4n) is 6.68. The van der Waals surface area contributed by atoms with Crippen molar-refractivity contribution in [2.45, 2.75) is 108 Å². The zero-order valence-corrected chi connectivity index (χ0v) is 23.0. The molecule has 1 unspecified atom stereocenters. The monoisotopic (exact) mass is 572 g/mol. The van der Waals surface area contributed by atoms with Crippen molar-refractivity contribution in [2.75, 3.05) is 0 Å². The maximum absolute atomic E-state index is 15.1. The molecule has 2 aliphatic carbocycles. The number of alkyl halides is 6. The van der Waals surface area contributed by atoms with Crippen molar-refractivity contribution in [1.29, 1.82) is 0 Å². The first-order valence-corrected chi connectivity index (χ1v) is 14.7. The lowest BCUT2D eigenvalue weighted by molar-refractivity contribution is -0.304. The first-order valence-electron chi connectivity index (χ1n) is 14.7. The summed E-state index contributed by atoms with van der Waals surface area (Å²) in [6.45, 7) is 2.25. The predicted octanol–water partition coefficient (Wildman–Crippen LogP) is 11.0. The number of hydrogen-bond acceptors (Lipinski definition) is 1. The quantitative estimate of drug-likeness (QED) is 0.203. The lowest BCUT2D eigenvalue weighted by Crippen LogP contribution is -2.45. The molecule has 2 saturated carbocycles. The van der Waals surface area contributed by atoms with Crippen LogP contribution in [0.5, 0.6) is 5.75 Å². The predicted molar refractivity (Wildman–Crippen MR) is 143 cm³/mol. The van der Waals surface area contributed by atoms with Crippen LogP contribution in [-0.2, 0) is 0 Å². The summed E-state index contributed by atoms with van der Waals surface area (Å²) in [6, 6.07) is 9.52. The highest BCUT2D eigenvalue weighted by Crippen LogP contribution is 2.45. The van der Waals surface area contributed by atoms with Gasteiger partial charge in [0.1, 0.15) is 11.6 Å². The second kappa shape index (κ2) is 13.2. The van der Waals surface area contributed by atoms with E-state index in [1.165, 1.54) is 82.4 Å². The van der Waals surface area contributed by atoms with Crippen molar-refractivity contribution in [1.82, 2.24) is 0 Å². The van der Waals surface area contributed by atoms with Gasteiger partial charge in [0.15, 0.2) is 0 Å². The molecule has 0 N–H and O–H groups in total. The van der Waals surface area contributed by atoms with Crippen LogP contribution in [0.4, 0.5) is 30.7 Å². The number of benzene rings is 2. The molecule has 2 fully saturated rings. The second-order valence-electron chi connectivity index (χ2n) is 11.7. The highest BCUT2D eigenvalue weighted by molar-refractivity contribution is 5.65. The van der Waals surface area contributed by atoms with E-state index < -0.39 is 30.0 Å². The summed E-state index contributed by atoms with van der Waals surface area (Å²) in [7, 11) is 0. The van der Waals surface area contributed by atoms with E-state index in [-0.39, 0.29) is 5.56 Å². The molecule has 0 saturated heterocycles. The molecule has 222 valence electrons. The molecular formula is C32H39F7O. The molecule has 2 aliphatic rings. The van der Waals surface area contributed by atoms with Gasteiger partial charge in [-0.05, 0) is 91.5 Å². The number of halogens is 7. The molecule has 4 rings (SSSR count). The van der Waals surface area contributed by atoms with E-state index in [4.69, 9.17) is 0 Å². The van der Waals surface area contributed by atoms with Crippen LogP contribution in [-0.4, -0.2) is 18.5 Å². The second-order valence-corrected chi connectivity index (χ2v) is 11.7. The average Bonchev–Trinajstić information content (AvgIpc) is 2.93. The van der Waals surface area contributed by atoms with Gasteiger partial charge >= 0.3 is 12.3 Å². The zero-order valence-electron chi connectivity index (χ0n) is 23.0. The summed E-state index contributed by atoms with van der Waals surface area (Å²) in [6.07, 6.45) is -0.152. The number of rotatable bonds is 10. The summed E-state index contributed by atoms with van der Waals surface area (Å²) in [5, 5.41) is 0. The largest absolute Gasteiger partial charge is 0.439 e. The molecule has 0 aliphatic heterocycles. The summed E-state index contributed by atoms with van der Waals surface area (Å²) in [5.41, 5.74) is 1.53. The molecule has 0 bridgehead atoms. The fourth-order valence-corrected chi connectivity index (χ4v) is 6.68. The van der Waals surface area contributed by atoms with Crippen LogP contribution >= 0.6 is 0 Å². The zero-order chi connectivity index (χ0) is 28.9. The Morgan fingerprint density at radius 3 is 1.95 bits per heavy atom. The minimum Gasteiger partial charge on any atom is -0.430 e. The first kappa shape index (κ1) is 30.7. The molecule has 2 aromatic rings. The minimum absolute atomic E-state index is 0.241. The highest BCUT2D eigenvalue weighted by atomic mass is 19.4. The molecular weight excluding hydrogens is 533 g/mol. The van der Waals surface area contributed by atoms with E-state index in [9.17, 15) is 26.3 Å². The van der Waals surface area contributed by atoms with Gasteiger partial charge in [0.2, 0.25) is 0 Å². The number of hydrogen-bond donors (Lipinski definition) is 0. The van der Waals surface area contributed by atoms with Crippen molar-refractivity contribution < 1.29 is 35.5 Å². The molecule has 1 nitrogen and oxygen atoms in total. The SMILES string of the molecule is CCCCCC1CCC(C2CCC(c3ccc(-c4ccc(OC(F)(F)C(F)C(F)(F)F)cc4)c(F)c3)CC2)CC1. The molecule has 1 atom stereocenters. The Labute approximate surface area is 232 Å². The summed E-state index contributed by atoms with van der Waals surface area (Å²) < 4.78 is 96.2. The van der Waals surface area contributed by atoms with E-state index in [2.05, 4.69) is 11.7 Å². The summed E-state index contributed by atoms with van der Waals surface area (Å²) in [5.74, 6) is 1.67. The van der Waals surface area contributed by atoms with E-state index in [0.29, 0.717) is 11.5 Å². The van der Waals surface area contributed by atoms with E-state index >= 15 is 4.39 Å². The normalized spacial score (nSPS) is 25.0. The van der Waals surface area contributed by atoms with E-state index in [1.54, 1.807) is 6.07 Å². The van der Waals surface area contributed by atoms with Gasteiger partial charge in [-0.25, -0.2) is 8.78 Å². The van der Waals surface area contributed by atoms with Gasteiger partial charge in [0.25, 0.3) is 6.17 Å². The van der Waals surface area contributed by atoms with Crippen molar-refractivity contribution >= 4 is 0 Å². The van der Waals surface area contributed by atoms with Gasteiger partial charge in [0, 0.05) is 5.56 Å². The van der Waals surface area contributed by atoms with Crippen LogP contribution in [0.1, 0.15) is 95.5 Å². The molecule has 0 spiro atoms. The Balaban J connectivity index is 1.30. The minimum atomic E-state index is -5.76. The molecule has 8 heteroatoms. The van der Waals surface area contributed by atoms with Gasteiger partial charge in [-0.15, -0.1) is 0 Å². The molecule has 2 aromatic carbocycles. The Morgan fingerprint density at radius 1 is 0.800 bits per heavy atom. The smallest absolute Gasteiger partial charge is 0.430 e. The molecule has 0 radical (unpaired) electrons. The third-order valence-corrected chi connectivity index (χ3v) is 9.01. The Hall–Kier alpha value is -2.25. The van der Waals surface area contributed by atoms with Crippen molar-refractivity contribution in [2.24, 2.45) is 17.8 Å². The topological polar surface area (TPSA) is 9.23 Å². The maximum Gasteiger partial charge on any atom is 0.439 e. The van der Waals surface area contributed by atoms with Gasteiger partial charge in [-0.2, -0.15) is 22.0 Å². The van der Waals surface area contributed by atoms with Gasteiger partial charge in [-0.1, -0.05) is 69.7 Å². The van der Waals surface area contributed by atoms with Crippen molar-refractivity contribution in [3.8, 4) is 16.9 Å². The molecule has 0 aromatic heterocycles. The third kappa shape index (κ3) is 7.73. The van der Waals surface area contributed by atoms with Gasteiger partial charge in [-0.3, -0.25) is 0 Å². The standard InChI is InChI=1S/C32H39F7O/c1-2-3-4-5-21-6-8-22(9-7-21)23-10-12-24(13-11-23)26-16-19-28(29(33)20-26)25-14-17-27(18-15-25)40-32(38,39)30(34)31(35,36)37/h14-24,30H,2-13H2,1H3. The van der Waals surface area contributed by atoms with Gasteiger partial charge in [0.05, 0.1) is 0 Å².